The summed E-state index contributed by atoms with van der Waals surface area (Å²) >= 11 is 0. The van der Waals surface area contributed by atoms with E-state index < -0.39 is 0 Å². The zero-order chi connectivity index (χ0) is 17.9. The minimum atomic E-state index is 0.398. The van der Waals surface area contributed by atoms with Gasteiger partial charge in [0, 0.05) is 30.4 Å². The van der Waals surface area contributed by atoms with Crippen molar-refractivity contribution in [2.24, 2.45) is 0 Å². The summed E-state index contributed by atoms with van der Waals surface area (Å²) in [5.41, 5.74) is 6.54. The van der Waals surface area contributed by atoms with Gasteiger partial charge in [0.25, 0.3) is 0 Å². The smallest absolute Gasteiger partial charge is 0.0700 e. The van der Waals surface area contributed by atoms with Crippen LogP contribution in [0.2, 0.25) is 0 Å². The molecule has 1 aromatic carbocycles. The molecule has 1 saturated heterocycles. The van der Waals surface area contributed by atoms with E-state index in [0.717, 1.165) is 13.0 Å². The van der Waals surface area contributed by atoms with Gasteiger partial charge in [-0.15, -0.1) is 0 Å². The minimum Gasteiger partial charge on any atom is -0.375 e. The molecule has 0 spiro atoms. The summed E-state index contributed by atoms with van der Waals surface area (Å²) in [5, 5.41) is 4.95. The number of rotatable bonds is 4. The molecule has 0 radical (unpaired) electrons. The predicted octanol–water partition coefficient (Wildman–Crippen LogP) is 4.96. The molecule has 0 bridgehead atoms. The molecule has 1 atom stereocenters. The van der Waals surface area contributed by atoms with Gasteiger partial charge in [-0.25, -0.2) is 0 Å². The number of allylic oxidation sites excluding steroid dienone is 4. The third kappa shape index (κ3) is 3.77. The van der Waals surface area contributed by atoms with E-state index in [9.17, 15) is 0 Å². The molecule has 1 unspecified atom stereocenters. The molecule has 1 fully saturated rings. The monoisotopic (exact) mass is 347 g/mol. The van der Waals surface area contributed by atoms with Gasteiger partial charge in [-0.1, -0.05) is 42.0 Å². The van der Waals surface area contributed by atoms with Crippen LogP contribution in [0.1, 0.15) is 54.1 Å². The van der Waals surface area contributed by atoms with E-state index in [1.165, 1.54) is 60.6 Å². The van der Waals surface area contributed by atoms with Crippen LogP contribution in [-0.2, 0) is 6.54 Å². The van der Waals surface area contributed by atoms with Crippen molar-refractivity contribution in [3.05, 3.63) is 76.8 Å². The summed E-state index contributed by atoms with van der Waals surface area (Å²) in [4.78, 5) is 2.58. The van der Waals surface area contributed by atoms with Crippen molar-refractivity contribution < 1.29 is 0 Å². The lowest BCUT2D eigenvalue weighted by Crippen LogP contribution is -2.30. The molecule has 1 aliphatic heterocycles. The fourth-order valence-corrected chi connectivity index (χ4v) is 4.02. The SMILES string of the molecule is Cc1ccc(Cn2nc(C3C=CC=C(N4CCCCC4)C3)cc2C)cc1. The van der Waals surface area contributed by atoms with Crippen LogP contribution in [0.15, 0.2) is 54.3 Å². The van der Waals surface area contributed by atoms with E-state index >= 15 is 0 Å². The number of benzene rings is 1. The Morgan fingerprint density at radius 3 is 2.58 bits per heavy atom. The molecule has 26 heavy (non-hydrogen) atoms. The molecule has 4 rings (SSSR count). The Bertz CT molecular complexity index is 804. The number of hydrogen-bond acceptors (Lipinski definition) is 2. The summed E-state index contributed by atoms with van der Waals surface area (Å²) in [6.45, 7) is 7.57. The number of aromatic nitrogens is 2. The summed E-state index contributed by atoms with van der Waals surface area (Å²) < 4.78 is 2.15. The maximum absolute atomic E-state index is 4.95. The second-order valence-electron chi connectivity index (χ2n) is 7.76. The summed E-state index contributed by atoms with van der Waals surface area (Å²) in [6, 6.07) is 11.0. The molecule has 2 heterocycles. The van der Waals surface area contributed by atoms with E-state index in [2.05, 4.69) is 72.0 Å². The summed E-state index contributed by atoms with van der Waals surface area (Å²) in [7, 11) is 0. The second-order valence-corrected chi connectivity index (χ2v) is 7.76. The van der Waals surface area contributed by atoms with Gasteiger partial charge in [0.1, 0.15) is 0 Å². The van der Waals surface area contributed by atoms with Crippen molar-refractivity contribution >= 4 is 0 Å². The molecule has 0 N–H and O–H groups in total. The van der Waals surface area contributed by atoms with Gasteiger partial charge < -0.3 is 4.90 Å². The van der Waals surface area contributed by atoms with E-state index in [-0.39, 0.29) is 0 Å². The Morgan fingerprint density at radius 1 is 1.04 bits per heavy atom. The van der Waals surface area contributed by atoms with Gasteiger partial charge in [0.15, 0.2) is 0 Å². The van der Waals surface area contributed by atoms with Gasteiger partial charge >= 0.3 is 0 Å². The van der Waals surface area contributed by atoms with Crippen LogP contribution in [0.3, 0.4) is 0 Å². The second kappa shape index (κ2) is 7.53. The first-order valence-electron chi connectivity index (χ1n) is 9.91. The van der Waals surface area contributed by atoms with Crippen molar-refractivity contribution in [2.75, 3.05) is 13.1 Å². The highest BCUT2D eigenvalue weighted by molar-refractivity contribution is 5.29. The van der Waals surface area contributed by atoms with Crippen LogP contribution in [0, 0.1) is 13.8 Å². The Balaban J connectivity index is 1.47. The van der Waals surface area contributed by atoms with Crippen LogP contribution >= 0.6 is 0 Å². The molecule has 2 aromatic rings. The third-order valence-electron chi connectivity index (χ3n) is 5.66. The first kappa shape index (κ1) is 17.1. The highest BCUT2D eigenvalue weighted by Gasteiger charge is 2.21. The molecular weight excluding hydrogens is 318 g/mol. The normalized spacial score (nSPS) is 20.3. The van der Waals surface area contributed by atoms with Crippen molar-refractivity contribution in [1.82, 2.24) is 14.7 Å². The van der Waals surface area contributed by atoms with E-state index in [4.69, 9.17) is 5.10 Å². The molecule has 2 aliphatic rings. The lowest BCUT2D eigenvalue weighted by atomic mass is 9.93. The molecule has 3 heteroatoms. The number of aryl methyl sites for hydroxylation is 2. The molecule has 0 amide bonds. The lowest BCUT2D eigenvalue weighted by molar-refractivity contribution is 0.273. The molecule has 1 aromatic heterocycles. The Hall–Kier alpha value is -2.29. The first-order chi connectivity index (χ1) is 12.7. The number of piperidine rings is 1. The Kier molecular flexibility index (Phi) is 4.96. The fourth-order valence-electron chi connectivity index (χ4n) is 4.02. The average molecular weight is 348 g/mol. The fraction of sp³-hybridized carbons (Fsp3) is 0.435. The van der Waals surface area contributed by atoms with Gasteiger partial charge in [0.05, 0.1) is 12.2 Å². The summed E-state index contributed by atoms with van der Waals surface area (Å²) in [6.07, 6.45) is 12.0. The lowest BCUT2D eigenvalue weighted by Gasteiger charge is -2.33. The molecule has 136 valence electrons. The maximum atomic E-state index is 4.95. The highest BCUT2D eigenvalue weighted by atomic mass is 15.3. The van der Waals surface area contributed by atoms with Crippen molar-refractivity contribution in [3.8, 4) is 0 Å². The van der Waals surface area contributed by atoms with E-state index in [0.29, 0.717) is 5.92 Å². The molecule has 1 aliphatic carbocycles. The van der Waals surface area contributed by atoms with Crippen LogP contribution in [0.4, 0.5) is 0 Å². The largest absolute Gasteiger partial charge is 0.375 e. The maximum Gasteiger partial charge on any atom is 0.0700 e. The van der Waals surface area contributed by atoms with Gasteiger partial charge in [-0.3, -0.25) is 4.68 Å². The zero-order valence-electron chi connectivity index (χ0n) is 16.0. The molecule has 0 saturated carbocycles. The third-order valence-corrected chi connectivity index (χ3v) is 5.66. The van der Waals surface area contributed by atoms with Crippen LogP contribution in [-0.4, -0.2) is 27.8 Å². The molecule has 3 nitrogen and oxygen atoms in total. The number of likely N-dealkylation sites (tertiary alicyclic amines) is 1. The van der Waals surface area contributed by atoms with Gasteiger partial charge in [0.2, 0.25) is 0 Å². The Labute approximate surface area is 157 Å². The number of hydrogen-bond donors (Lipinski definition) is 0. The predicted molar refractivity (Wildman–Crippen MR) is 107 cm³/mol. The highest BCUT2D eigenvalue weighted by Crippen LogP contribution is 2.31. The van der Waals surface area contributed by atoms with E-state index in [1.54, 1.807) is 0 Å². The van der Waals surface area contributed by atoms with Gasteiger partial charge in [-0.2, -0.15) is 5.10 Å². The van der Waals surface area contributed by atoms with E-state index in [1.807, 2.05) is 0 Å². The quantitative estimate of drug-likeness (QED) is 0.779. The van der Waals surface area contributed by atoms with Crippen LogP contribution < -0.4 is 0 Å². The van der Waals surface area contributed by atoms with Gasteiger partial charge in [-0.05, 0) is 57.2 Å². The van der Waals surface area contributed by atoms with Crippen molar-refractivity contribution in [1.29, 1.82) is 0 Å². The topological polar surface area (TPSA) is 21.1 Å². The average Bonchev–Trinajstić information content (AvgIpc) is 3.05. The summed E-state index contributed by atoms with van der Waals surface area (Å²) in [5.74, 6) is 0.398. The van der Waals surface area contributed by atoms with Crippen LogP contribution in [0.25, 0.3) is 0 Å². The van der Waals surface area contributed by atoms with Crippen LogP contribution in [0.5, 0.6) is 0 Å². The van der Waals surface area contributed by atoms with Crippen molar-refractivity contribution in [3.63, 3.8) is 0 Å². The zero-order valence-corrected chi connectivity index (χ0v) is 16.0. The number of nitrogens with zero attached hydrogens (tertiary/aromatic N) is 3. The molecular formula is C23H29N3. The van der Waals surface area contributed by atoms with Crippen molar-refractivity contribution in [2.45, 2.75) is 52.0 Å². The first-order valence-corrected chi connectivity index (χ1v) is 9.91. The minimum absolute atomic E-state index is 0.398. The standard InChI is InChI=1S/C23H29N3/c1-18-9-11-20(12-10-18)17-26-19(2)15-23(24-26)21-7-6-8-22(16-21)25-13-4-3-5-14-25/h6-12,15,21H,3-5,13-14,16-17H2,1-2H3. The Morgan fingerprint density at radius 2 is 1.81 bits per heavy atom.